The highest BCUT2D eigenvalue weighted by Crippen LogP contribution is 2.27. The first-order chi connectivity index (χ1) is 8.56. The maximum Gasteiger partial charge on any atom is 0.223 e. The molecule has 1 aromatic rings. The molecule has 0 bridgehead atoms. The standard InChI is InChI=1S/C12H22N6/c1-4-5-15-9-6-10(17-11(13)16-9)18-7-12(2,8-18)14-3/h6,14H,4-5,7-8H2,1-3H3,(H3,13,15,16,17). The number of nitrogens with one attached hydrogen (secondary N) is 2. The summed E-state index contributed by atoms with van der Waals surface area (Å²) in [7, 11) is 1.99. The second-order valence-corrected chi connectivity index (χ2v) is 5.06. The van der Waals surface area contributed by atoms with Gasteiger partial charge in [0, 0.05) is 25.7 Å². The number of rotatable bonds is 5. The molecule has 0 radical (unpaired) electrons. The Bertz CT molecular complexity index is 413. The summed E-state index contributed by atoms with van der Waals surface area (Å²) in [6.07, 6.45) is 1.06. The van der Waals surface area contributed by atoms with Crippen molar-refractivity contribution in [2.24, 2.45) is 0 Å². The van der Waals surface area contributed by atoms with Crippen LogP contribution >= 0.6 is 0 Å². The highest BCUT2D eigenvalue weighted by atomic mass is 15.3. The van der Waals surface area contributed by atoms with Crippen molar-refractivity contribution < 1.29 is 0 Å². The lowest BCUT2D eigenvalue weighted by atomic mass is 9.92. The van der Waals surface area contributed by atoms with Crippen molar-refractivity contribution in [3.8, 4) is 0 Å². The molecular weight excluding hydrogens is 228 g/mol. The van der Waals surface area contributed by atoms with Crippen LogP contribution in [-0.4, -0.2) is 42.2 Å². The van der Waals surface area contributed by atoms with Crippen molar-refractivity contribution in [1.29, 1.82) is 0 Å². The number of nitrogens with zero attached hydrogens (tertiary/aromatic N) is 3. The Kier molecular flexibility index (Phi) is 3.56. The molecule has 0 spiro atoms. The van der Waals surface area contributed by atoms with E-state index in [2.05, 4.69) is 39.3 Å². The third kappa shape index (κ3) is 2.64. The normalized spacial score (nSPS) is 17.4. The Labute approximate surface area is 108 Å². The Morgan fingerprint density at radius 3 is 2.78 bits per heavy atom. The van der Waals surface area contributed by atoms with Crippen LogP contribution in [0.2, 0.25) is 0 Å². The predicted molar refractivity (Wildman–Crippen MR) is 74.9 cm³/mol. The first kappa shape index (κ1) is 12.9. The number of hydrogen-bond donors (Lipinski definition) is 3. The van der Waals surface area contributed by atoms with E-state index < -0.39 is 0 Å². The second kappa shape index (κ2) is 4.97. The van der Waals surface area contributed by atoms with E-state index in [-0.39, 0.29) is 5.54 Å². The molecule has 6 heteroatoms. The quantitative estimate of drug-likeness (QED) is 0.713. The van der Waals surface area contributed by atoms with E-state index in [0.717, 1.165) is 37.7 Å². The zero-order valence-corrected chi connectivity index (χ0v) is 11.3. The summed E-state index contributed by atoms with van der Waals surface area (Å²) < 4.78 is 0. The third-order valence-electron chi connectivity index (χ3n) is 3.29. The number of hydrogen-bond acceptors (Lipinski definition) is 6. The van der Waals surface area contributed by atoms with Gasteiger partial charge in [0.05, 0.1) is 5.54 Å². The SMILES string of the molecule is CCCNc1cc(N2CC(C)(NC)C2)nc(N)n1. The maximum atomic E-state index is 5.74. The fourth-order valence-corrected chi connectivity index (χ4v) is 2.07. The topological polar surface area (TPSA) is 79.1 Å². The van der Waals surface area contributed by atoms with Gasteiger partial charge in [0.2, 0.25) is 5.95 Å². The first-order valence-electron chi connectivity index (χ1n) is 6.38. The van der Waals surface area contributed by atoms with Gasteiger partial charge in [-0.25, -0.2) is 0 Å². The molecule has 4 N–H and O–H groups in total. The van der Waals surface area contributed by atoms with E-state index >= 15 is 0 Å². The summed E-state index contributed by atoms with van der Waals surface area (Å²) in [6.45, 7) is 7.08. The summed E-state index contributed by atoms with van der Waals surface area (Å²) in [4.78, 5) is 10.7. The molecule has 0 aliphatic carbocycles. The number of nitrogens with two attached hydrogens (primary N) is 1. The van der Waals surface area contributed by atoms with Crippen LogP contribution in [0.3, 0.4) is 0 Å². The molecule has 1 aliphatic heterocycles. The van der Waals surface area contributed by atoms with Crippen molar-refractivity contribution in [2.45, 2.75) is 25.8 Å². The van der Waals surface area contributed by atoms with Gasteiger partial charge >= 0.3 is 0 Å². The zero-order chi connectivity index (χ0) is 13.2. The number of likely N-dealkylation sites (N-methyl/N-ethyl adjacent to an activating group) is 1. The van der Waals surface area contributed by atoms with Gasteiger partial charge in [0.15, 0.2) is 0 Å². The summed E-state index contributed by atoms with van der Waals surface area (Å²) in [6, 6.07) is 1.96. The van der Waals surface area contributed by atoms with Crippen LogP contribution in [0.15, 0.2) is 6.07 Å². The highest BCUT2D eigenvalue weighted by molar-refractivity contribution is 5.55. The molecule has 6 nitrogen and oxygen atoms in total. The molecule has 1 saturated heterocycles. The lowest BCUT2D eigenvalue weighted by Gasteiger charge is -2.48. The minimum absolute atomic E-state index is 0.177. The minimum Gasteiger partial charge on any atom is -0.370 e. The molecule has 2 rings (SSSR count). The van der Waals surface area contributed by atoms with Crippen molar-refractivity contribution in [3.05, 3.63) is 6.07 Å². The zero-order valence-electron chi connectivity index (χ0n) is 11.3. The molecule has 1 aromatic heterocycles. The van der Waals surface area contributed by atoms with Crippen molar-refractivity contribution in [3.63, 3.8) is 0 Å². The summed E-state index contributed by atoms with van der Waals surface area (Å²) in [5.41, 5.74) is 5.92. The molecule has 0 unspecified atom stereocenters. The molecule has 0 aromatic carbocycles. The summed E-state index contributed by atoms with van der Waals surface area (Å²) >= 11 is 0. The number of aromatic nitrogens is 2. The van der Waals surface area contributed by atoms with E-state index in [1.54, 1.807) is 0 Å². The van der Waals surface area contributed by atoms with Gasteiger partial charge in [-0.2, -0.15) is 9.97 Å². The van der Waals surface area contributed by atoms with Gasteiger partial charge in [-0.15, -0.1) is 0 Å². The van der Waals surface area contributed by atoms with E-state index in [4.69, 9.17) is 5.73 Å². The largest absolute Gasteiger partial charge is 0.370 e. The second-order valence-electron chi connectivity index (χ2n) is 5.06. The van der Waals surface area contributed by atoms with Gasteiger partial charge in [0.25, 0.3) is 0 Å². The smallest absolute Gasteiger partial charge is 0.223 e. The molecule has 0 atom stereocenters. The Morgan fingerprint density at radius 2 is 2.17 bits per heavy atom. The van der Waals surface area contributed by atoms with Gasteiger partial charge in [-0.3, -0.25) is 0 Å². The average Bonchev–Trinajstić information content (AvgIpc) is 2.31. The van der Waals surface area contributed by atoms with E-state index in [1.807, 2.05) is 13.1 Å². The van der Waals surface area contributed by atoms with Crippen molar-refractivity contribution in [2.75, 3.05) is 42.6 Å². The van der Waals surface area contributed by atoms with Crippen molar-refractivity contribution >= 4 is 17.6 Å². The van der Waals surface area contributed by atoms with Crippen LogP contribution in [0.4, 0.5) is 17.6 Å². The fraction of sp³-hybridized carbons (Fsp3) is 0.667. The minimum atomic E-state index is 0.177. The lowest BCUT2D eigenvalue weighted by Crippen LogP contribution is -2.67. The molecule has 0 saturated carbocycles. The van der Waals surface area contributed by atoms with E-state index in [9.17, 15) is 0 Å². The Morgan fingerprint density at radius 1 is 1.44 bits per heavy atom. The molecule has 2 heterocycles. The molecule has 100 valence electrons. The fourth-order valence-electron chi connectivity index (χ4n) is 2.07. The number of nitrogen functional groups attached to an aromatic ring is 1. The van der Waals surface area contributed by atoms with Crippen LogP contribution in [0.5, 0.6) is 0 Å². The Balaban J connectivity index is 2.07. The number of anilines is 3. The van der Waals surface area contributed by atoms with Crippen molar-refractivity contribution in [1.82, 2.24) is 15.3 Å². The van der Waals surface area contributed by atoms with Crippen LogP contribution < -0.4 is 21.3 Å². The van der Waals surface area contributed by atoms with Crippen LogP contribution in [-0.2, 0) is 0 Å². The Hall–Kier alpha value is -1.56. The molecule has 18 heavy (non-hydrogen) atoms. The van der Waals surface area contributed by atoms with Gasteiger partial charge in [-0.05, 0) is 20.4 Å². The van der Waals surface area contributed by atoms with Gasteiger partial charge in [-0.1, -0.05) is 6.92 Å². The maximum absolute atomic E-state index is 5.74. The average molecular weight is 250 g/mol. The molecule has 1 aliphatic rings. The predicted octanol–water partition coefficient (Wildman–Crippen LogP) is 0.679. The molecular formula is C12H22N6. The monoisotopic (exact) mass is 250 g/mol. The highest BCUT2D eigenvalue weighted by Gasteiger charge is 2.38. The summed E-state index contributed by atoms with van der Waals surface area (Å²) in [5.74, 6) is 2.02. The lowest BCUT2D eigenvalue weighted by molar-refractivity contribution is 0.301. The van der Waals surface area contributed by atoms with Gasteiger partial charge < -0.3 is 21.3 Å². The van der Waals surface area contributed by atoms with E-state index in [0.29, 0.717) is 5.95 Å². The van der Waals surface area contributed by atoms with Crippen LogP contribution in [0.1, 0.15) is 20.3 Å². The summed E-state index contributed by atoms with van der Waals surface area (Å²) in [5, 5.41) is 6.55. The van der Waals surface area contributed by atoms with Crippen LogP contribution in [0, 0.1) is 0 Å². The van der Waals surface area contributed by atoms with Gasteiger partial charge in [0.1, 0.15) is 11.6 Å². The van der Waals surface area contributed by atoms with E-state index in [1.165, 1.54) is 0 Å². The first-order valence-corrected chi connectivity index (χ1v) is 6.38. The molecule has 0 amide bonds. The third-order valence-corrected chi connectivity index (χ3v) is 3.29. The van der Waals surface area contributed by atoms with Crippen LogP contribution in [0.25, 0.3) is 0 Å². The molecule has 1 fully saturated rings.